The third-order valence-corrected chi connectivity index (χ3v) is 7.20. The molecule has 0 radical (unpaired) electrons. The Morgan fingerprint density at radius 2 is 1.55 bits per heavy atom. The van der Waals surface area contributed by atoms with Crippen LogP contribution in [0.3, 0.4) is 0 Å². The van der Waals surface area contributed by atoms with Gasteiger partial charge in [0.05, 0.1) is 18.3 Å². The van der Waals surface area contributed by atoms with E-state index in [2.05, 4.69) is 10.3 Å². The van der Waals surface area contributed by atoms with Crippen LogP contribution in [-0.4, -0.2) is 48.9 Å². The molecule has 9 nitrogen and oxygen atoms in total. The molecule has 212 valence electrons. The maximum absolute atomic E-state index is 13.1. The van der Waals surface area contributed by atoms with E-state index in [0.717, 1.165) is 10.5 Å². The SMILES string of the molecule is COc1ccnc(C(=O)NC(C)C(=O)OC(C)C(Sc2ccccc2)c2ccccc2)c1OCOC(=O)C(C)C. The van der Waals surface area contributed by atoms with Crippen molar-refractivity contribution in [3.63, 3.8) is 0 Å². The molecule has 0 saturated heterocycles. The van der Waals surface area contributed by atoms with Crippen molar-refractivity contribution in [3.05, 3.63) is 84.2 Å². The summed E-state index contributed by atoms with van der Waals surface area (Å²) in [6.45, 7) is 6.30. The molecule has 0 saturated carbocycles. The van der Waals surface area contributed by atoms with Crippen LogP contribution in [0.2, 0.25) is 0 Å². The van der Waals surface area contributed by atoms with Crippen molar-refractivity contribution in [1.29, 1.82) is 0 Å². The second kappa shape index (κ2) is 14.9. The molecule has 1 aromatic heterocycles. The van der Waals surface area contributed by atoms with Gasteiger partial charge in [0, 0.05) is 17.2 Å². The molecule has 1 N–H and O–H groups in total. The lowest BCUT2D eigenvalue weighted by molar-refractivity contribution is -0.154. The second-order valence-corrected chi connectivity index (χ2v) is 10.4. The van der Waals surface area contributed by atoms with Crippen LogP contribution in [0.5, 0.6) is 11.5 Å². The molecule has 0 bridgehead atoms. The zero-order chi connectivity index (χ0) is 29.1. The number of thioether (sulfide) groups is 1. The first kappa shape index (κ1) is 30.5. The van der Waals surface area contributed by atoms with E-state index in [1.54, 1.807) is 25.6 Å². The highest BCUT2D eigenvalue weighted by atomic mass is 32.2. The molecule has 2 aromatic carbocycles. The quantitative estimate of drug-likeness (QED) is 0.169. The molecular formula is C30H34N2O7S. The molecule has 0 aliphatic carbocycles. The van der Waals surface area contributed by atoms with Crippen LogP contribution < -0.4 is 14.8 Å². The van der Waals surface area contributed by atoms with E-state index >= 15 is 0 Å². The first-order valence-electron chi connectivity index (χ1n) is 12.8. The van der Waals surface area contributed by atoms with Crippen LogP contribution in [-0.2, 0) is 19.1 Å². The molecule has 0 fully saturated rings. The lowest BCUT2D eigenvalue weighted by Gasteiger charge is -2.25. The lowest BCUT2D eigenvalue weighted by Crippen LogP contribution is -2.41. The topological polar surface area (TPSA) is 113 Å². The summed E-state index contributed by atoms with van der Waals surface area (Å²) in [5.74, 6) is -1.89. The monoisotopic (exact) mass is 566 g/mol. The summed E-state index contributed by atoms with van der Waals surface area (Å²) in [6.07, 6.45) is 0.862. The van der Waals surface area contributed by atoms with Crippen LogP contribution in [0, 0.1) is 5.92 Å². The molecule has 3 unspecified atom stereocenters. The zero-order valence-electron chi connectivity index (χ0n) is 23.2. The number of carbonyl (C=O) groups excluding carboxylic acids is 3. The maximum Gasteiger partial charge on any atom is 0.328 e. The zero-order valence-corrected chi connectivity index (χ0v) is 24.0. The van der Waals surface area contributed by atoms with E-state index in [1.807, 2.05) is 67.6 Å². The Bertz CT molecular complexity index is 1270. The van der Waals surface area contributed by atoms with Crippen molar-refractivity contribution in [2.75, 3.05) is 13.9 Å². The number of amides is 1. The van der Waals surface area contributed by atoms with Gasteiger partial charge in [-0.1, -0.05) is 62.4 Å². The number of hydrogen-bond donors (Lipinski definition) is 1. The molecular weight excluding hydrogens is 532 g/mol. The number of ether oxygens (including phenoxy) is 4. The van der Waals surface area contributed by atoms with Gasteiger partial charge in [0.2, 0.25) is 6.79 Å². The molecule has 1 heterocycles. The molecule has 10 heteroatoms. The van der Waals surface area contributed by atoms with Crippen molar-refractivity contribution in [2.45, 2.75) is 50.0 Å². The molecule has 40 heavy (non-hydrogen) atoms. The van der Waals surface area contributed by atoms with Gasteiger partial charge in [-0.3, -0.25) is 9.59 Å². The molecule has 3 atom stereocenters. The maximum atomic E-state index is 13.1. The van der Waals surface area contributed by atoms with Crippen LogP contribution in [0.1, 0.15) is 49.0 Å². The summed E-state index contributed by atoms with van der Waals surface area (Å²) >= 11 is 1.59. The fourth-order valence-electron chi connectivity index (χ4n) is 3.60. The Hall–Kier alpha value is -4.05. The van der Waals surface area contributed by atoms with Crippen molar-refractivity contribution >= 4 is 29.6 Å². The summed E-state index contributed by atoms with van der Waals surface area (Å²) in [5, 5.41) is 2.44. The fourth-order valence-corrected chi connectivity index (χ4v) is 4.75. The summed E-state index contributed by atoms with van der Waals surface area (Å²) < 4.78 is 21.7. The van der Waals surface area contributed by atoms with Crippen LogP contribution in [0.15, 0.2) is 77.8 Å². The predicted octanol–water partition coefficient (Wildman–Crippen LogP) is 5.21. The Morgan fingerprint density at radius 1 is 0.900 bits per heavy atom. The van der Waals surface area contributed by atoms with Gasteiger partial charge in [-0.25, -0.2) is 9.78 Å². The van der Waals surface area contributed by atoms with E-state index in [4.69, 9.17) is 18.9 Å². The number of rotatable bonds is 13. The van der Waals surface area contributed by atoms with Crippen LogP contribution in [0.25, 0.3) is 0 Å². The van der Waals surface area contributed by atoms with E-state index in [-0.39, 0.29) is 28.4 Å². The van der Waals surface area contributed by atoms with Gasteiger partial charge < -0.3 is 24.3 Å². The lowest BCUT2D eigenvalue weighted by atomic mass is 10.1. The van der Waals surface area contributed by atoms with Gasteiger partial charge in [0.15, 0.2) is 17.2 Å². The van der Waals surface area contributed by atoms with Gasteiger partial charge >= 0.3 is 11.9 Å². The van der Waals surface area contributed by atoms with Crippen molar-refractivity contribution in [3.8, 4) is 11.5 Å². The van der Waals surface area contributed by atoms with Gasteiger partial charge in [-0.15, -0.1) is 11.8 Å². The third-order valence-electron chi connectivity index (χ3n) is 5.74. The van der Waals surface area contributed by atoms with E-state index in [0.29, 0.717) is 0 Å². The molecule has 0 spiro atoms. The number of hydrogen-bond acceptors (Lipinski definition) is 9. The highest BCUT2D eigenvalue weighted by Gasteiger charge is 2.28. The van der Waals surface area contributed by atoms with E-state index in [1.165, 1.54) is 26.3 Å². The third kappa shape index (κ3) is 8.47. The normalized spacial score (nSPS) is 13.1. The molecule has 3 rings (SSSR count). The Morgan fingerprint density at radius 3 is 2.17 bits per heavy atom. The number of esters is 2. The fraction of sp³-hybridized carbons (Fsp3) is 0.333. The molecule has 0 aliphatic rings. The average Bonchev–Trinajstić information content (AvgIpc) is 2.96. The van der Waals surface area contributed by atoms with Crippen molar-refractivity contribution in [2.24, 2.45) is 5.92 Å². The number of nitrogens with one attached hydrogen (secondary N) is 1. The number of benzene rings is 2. The second-order valence-electron chi connectivity index (χ2n) is 9.17. The highest BCUT2D eigenvalue weighted by Crippen LogP contribution is 2.39. The minimum absolute atomic E-state index is 0.0172. The summed E-state index contributed by atoms with van der Waals surface area (Å²) in [6, 6.07) is 20.2. The highest BCUT2D eigenvalue weighted by molar-refractivity contribution is 7.99. The van der Waals surface area contributed by atoms with Gasteiger partial charge in [0.25, 0.3) is 5.91 Å². The minimum Gasteiger partial charge on any atom is -0.493 e. The first-order valence-corrected chi connectivity index (χ1v) is 13.7. The number of aromatic nitrogens is 1. The molecule has 0 aliphatic heterocycles. The van der Waals surface area contributed by atoms with Crippen LogP contribution >= 0.6 is 11.8 Å². The van der Waals surface area contributed by atoms with Crippen LogP contribution in [0.4, 0.5) is 0 Å². The van der Waals surface area contributed by atoms with Gasteiger partial charge in [-0.05, 0) is 31.5 Å². The Kier molecular flexibility index (Phi) is 11.4. The van der Waals surface area contributed by atoms with Gasteiger partial charge in [-0.2, -0.15) is 0 Å². The summed E-state index contributed by atoms with van der Waals surface area (Å²) in [5.41, 5.74) is 0.878. The minimum atomic E-state index is -0.993. The predicted molar refractivity (Wildman–Crippen MR) is 151 cm³/mol. The standard InChI is InChI=1S/C30H34N2O7S/c1-19(2)29(34)38-18-37-26-24(36-5)16-17-31-25(26)28(33)32-20(3)30(35)39-21(4)27(22-12-8-6-9-13-22)40-23-14-10-7-11-15-23/h6-17,19-21,27H,18H2,1-5H3,(H,32,33). The average molecular weight is 567 g/mol. The Balaban J connectivity index is 1.69. The number of pyridine rings is 1. The van der Waals surface area contributed by atoms with Crippen molar-refractivity contribution in [1.82, 2.24) is 10.3 Å². The Labute approximate surface area is 238 Å². The molecule has 1 amide bonds. The first-order chi connectivity index (χ1) is 19.2. The summed E-state index contributed by atoms with van der Waals surface area (Å²) in [4.78, 5) is 43.1. The smallest absolute Gasteiger partial charge is 0.328 e. The molecule has 3 aromatic rings. The van der Waals surface area contributed by atoms with E-state index < -0.39 is 36.8 Å². The van der Waals surface area contributed by atoms with Gasteiger partial charge in [0.1, 0.15) is 12.1 Å². The number of nitrogens with zero attached hydrogens (tertiary/aromatic N) is 1. The van der Waals surface area contributed by atoms with Crippen molar-refractivity contribution < 1.29 is 33.3 Å². The van der Waals surface area contributed by atoms with E-state index in [9.17, 15) is 14.4 Å². The number of methoxy groups -OCH3 is 1. The number of carbonyl (C=O) groups is 3. The largest absolute Gasteiger partial charge is 0.493 e. The summed E-state index contributed by atoms with van der Waals surface area (Å²) in [7, 11) is 1.40.